The summed E-state index contributed by atoms with van der Waals surface area (Å²) in [5.41, 5.74) is 2.81. The van der Waals surface area contributed by atoms with Crippen molar-refractivity contribution in [2.45, 2.75) is 19.9 Å². The Hall–Kier alpha value is -2.62. The first-order valence-corrected chi connectivity index (χ1v) is 6.65. The second kappa shape index (κ2) is 6.22. The average Bonchev–Trinajstić information content (AvgIpc) is 2.47. The van der Waals surface area contributed by atoms with Crippen molar-refractivity contribution >= 4 is 11.9 Å². The van der Waals surface area contributed by atoms with Crippen molar-refractivity contribution in [3.05, 3.63) is 70.8 Å². The number of nitrogens with one attached hydrogen (secondary N) is 1. The molecule has 0 spiro atoms. The third kappa shape index (κ3) is 3.48. The molecule has 0 unspecified atom stereocenters. The number of carbonyl (C=O) groups is 2. The summed E-state index contributed by atoms with van der Waals surface area (Å²) in [6, 6.07) is 13.1. The minimum atomic E-state index is -1.08. The van der Waals surface area contributed by atoms with Crippen LogP contribution >= 0.6 is 0 Å². The van der Waals surface area contributed by atoms with Gasteiger partial charge in [0.15, 0.2) is 6.04 Å². The molecule has 2 rings (SSSR count). The van der Waals surface area contributed by atoms with Crippen LogP contribution in [0.2, 0.25) is 0 Å². The maximum Gasteiger partial charge on any atom is 0.330 e. The van der Waals surface area contributed by atoms with E-state index in [0.717, 1.165) is 11.1 Å². The zero-order chi connectivity index (χ0) is 15.4. The fourth-order valence-electron chi connectivity index (χ4n) is 2.12. The Balaban J connectivity index is 2.27. The Bertz CT molecular complexity index is 665. The molecule has 1 amide bonds. The van der Waals surface area contributed by atoms with Crippen molar-refractivity contribution < 1.29 is 14.7 Å². The van der Waals surface area contributed by atoms with Gasteiger partial charge in [0, 0.05) is 5.56 Å². The molecule has 1 atom stereocenters. The van der Waals surface area contributed by atoms with Crippen LogP contribution in [0.3, 0.4) is 0 Å². The fourth-order valence-corrected chi connectivity index (χ4v) is 2.12. The van der Waals surface area contributed by atoms with E-state index in [-0.39, 0.29) is 5.91 Å². The maximum absolute atomic E-state index is 12.3. The Morgan fingerprint density at radius 1 is 1.05 bits per heavy atom. The smallest absolute Gasteiger partial charge is 0.330 e. The number of carboxylic acid groups (broad SMARTS) is 1. The van der Waals surface area contributed by atoms with Crippen molar-refractivity contribution in [2.75, 3.05) is 0 Å². The lowest BCUT2D eigenvalue weighted by Gasteiger charge is -2.16. The molecule has 0 saturated heterocycles. The number of benzene rings is 2. The summed E-state index contributed by atoms with van der Waals surface area (Å²) in [4.78, 5) is 23.7. The molecule has 0 heterocycles. The number of hydrogen-bond acceptors (Lipinski definition) is 2. The topological polar surface area (TPSA) is 66.4 Å². The van der Waals surface area contributed by atoms with Crippen LogP contribution < -0.4 is 5.32 Å². The molecule has 0 radical (unpaired) electrons. The second-order valence-corrected chi connectivity index (χ2v) is 4.97. The minimum absolute atomic E-state index is 0.382. The number of aryl methyl sites for hydroxylation is 2. The lowest BCUT2D eigenvalue weighted by Crippen LogP contribution is -2.34. The monoisotopic (exact) mass is 283 g/mol. The summed E-state index contributed by atoms with van der Waals surface area (Å²) in [5.74, 6) is -1.47. The third-order valence-corrected chi connectivity index (χ3v) is 3.29. The van der Waals surface area contributed by atoms with Gasteiger partial charge in [-0.15, -0.1) is 0 Å². The molecule has 2 N–H and O–H groups in total. The van der Waals surface area contributed by atoms with Gasteiger partial charge in [0.2, 0.25) is 0 Å². The summed E-state index contributed by atoms with van der Waals surface area (Å²) in [6.45, 7) is 3.72. The summed E-state index contributed by atoms with van der Waals surface area (Å²) in [5, 5.41) is 11.9. The zero-order valence-corrected chi connectivity index (χ0v) is 12.0. The van der Waals surface area contributed by atoms with E-state index in [4.69, 9.17) is 0 Å². The van der Waals surface area contributed by atoms with Crippen LogP contribution in [0.25, 0.3) is 0 Å². The second-order valence-electron chi connectivity index (χ2n) is 4.97. The van der Waals surface area contributed by atoms with Crippen LogP contribution in [-0.4, -0.2) is 17.0 Å². The van der Waals surface area contributed by atoms with E-state index in [0.29, 0.717) is 11.1 Å². The molecular formula is C17H17NO3. The molecular weight excluding hydrogens is 266 g/mol. The Labute approximate surface area is 123 Å². The van der Waals surface area contributed by atoms with Gasteiger partial charge in [-0.3, -0.25) is 4.79 Å². The van der Waals surface area contributed by atoms with Gasteiger partial charge in [0.25, 0.3) is 5.91 Å². The van der Waals surface area contributed by atoms with E-state index < -0.39 is 12.0 Å². The normalized spacial score (nSPS) is 11.7. The van der Waals surface area contributed by atoms with Crippen LogP contribution in [0.1, 0.15) is 33.1 Å². The zero-order valence-electron chi connectivity index (χ0n) is 12.0. The largest absolute Gasteiger partial charge is 0.479 e. The standard InChI is InChI=1S/C17H17NO3/c1-11-8-9-12(2)14(10-11)16(19)18-15(17(20)21)13-6-4-3-5-7-13/h3-10,15H,1-2H3,(H,18,19)(H,20,21)/t15-/m1/s1. The van der Waals surface area contributed by atoms with Gasteiger partial charge < -0.3 is 10.4 Å². The van der Waals surface area contributed by atoms with E-state index in [1.807, 2.05) is 26.0 Å². The number of carboxylic acids is 1. The van der Waals surface area contributed by atoms with Gasteiger partial charge >= 0.3 is 5.97 Å². The van der Waals surface area contributed by atoms with E-state index >= 15 is 0 Å². The van der Waals surface area contributed by atoms with Crippen LogP contribution in [0, 0.1) is 13.8 Å². The molecule has 2 aromatic carbocycles. The molecule has 0 saturated carbocycles. The predicted molar refractivity (Wildman–Crippen MR) is 80.2 cm³/mol. The molecule has 2 aromatic rings. The van der Waals surface area contributed by atoms with Gasteiger partial charge in [-0.2, -0.15) is 0 Å². The van der Waals surface area contributed by atoms with Crippen LogP contribution in [0.15, 0.2) is 48.5 Å². The van der Waals surface area contributed by atoms with Gasteiger partial charge in [-0.05, 0) is 31.0 Å². The number of carbonyl (C=O) groups excluding carboxylic acids is 1. The molecule has 4 nitrogen and oxygen atoms in total. The van der Waals surface area contributed by atoms with Crippen LogP contribution in [-0.2, 0) is 4.79 Å². The first kappa shape index (κ1) is 14.8. The molecule has 0 fully saturated rings. The Morgan fingerprint density at radius 2 is 1.71 bits per heavy atom. The van der Waals surface area contributed by atoms with Crippen molar-refractivity contribution in [3.8, 4) is 0 Å². The highest BCUT2D eigenvalue weighted by molar-refractivity contribution is 5.98. The Kier molecular flexibility index (Phi) is 4.38. The molecule has 4 heteroatoms. The quantitative estimate of drug-likeness (QED) is 0.906. The minimum Gasteiger partial charge on any atom is -0.479 e. The fraction of sp³-hybridized carbons (Fsp3) is 0.176. The summed E-state index contributed by atoms with van der Waals surface area (Å²) < 4.78 is 0. The van der Waals surface area contributed by atoms with Gasteiger partial charge in [-0.1, -0.05) is 48.0 Å². The molecule has 0 aliphatic carbocycles. The molecule has 21 heavy (non-hydrogen) atoms. The molecule has 108 valence electrons. The third-order valence-electron chi connectivity index (χ3n) is 3.29. The number of aliphatic carboxylic acids is 1. The van der Waals surface area contributed by atoms with Crippen LogP contribution in [0.5, 0.6) is 0 Å². The van der Waals surface area contributed by atoms with Crippen molar-refractivity contribution in [2.24, 2.45) is 0 Å². The summed E-state index contributed by atoms with van der Waals surface area (Å²) in [7, 11) is 0. The molecule has 0 bridgehead atoms. The van der Waals surface area contributed by atoms with Crippen molar-refractivity contribution in [1.29, 1.82) is 0 Å². The highest BCUT2D eigenvalue weighted by atomic mass is 16.4. The van der Waals surface area contributed by atoms with Gasteiger partial charge in [0.05, 0.1) is 0 Å². The lowest BCUT2D eigenvalue weighted by molar-refractivity contribution is -0.139. The van der Waals surface area contributed by atoms with E-state index in [1.165, 1.54) is 0 Å². The summed E-state index contributed by atoms with van der Waals surface area (Å²) in [6.07, 6.45) is 0. The van der Waals surface area contributed by atoms with Crippen molar-refractivity contribution in [3.63, 3.8) is 0 Å². The maximum atomic E-state index is 12.3. The average molecular weight is 283 g/mol. The van der Waals surface area contributed by atoms with E-state index in [1.54, 1.807) is 36.4 Å². The Morgan fingerprint density at radius 3 is 2.33 bits per heavy atom. The highest BCUT2D eigenvalue weighted by Gasteiger charge is 2.23. The number of rotatable bonds is 4. The number of hydrogen-bond donors (Lipinski definition) is 2. The van der Waals surface area contributed by atoms with E-state index in [2.05, 4.69) is 5.32 Å². The van der Waals surface area contributed by atoms with Gasteiger partial charge in [-0.25, -0.2) is 4.79 Å². The lowest BCUT2D eigenvalue weighted by atomic mass is 10.0. The first-order valence-electron chi connectivity index (χ1n) is 6.65. The summed E-state index contributed by atoms with van der Waals surface area (Å²) >= 11 is 0. The molecule has 0 aliphatic heterocycles. The van der Waals surface area contributed by atoms with E-state index in [9.17, 15) is 14.7 Å². The van der Waals surface area contributed by atoms with Crippen molar-refractivity contribution in [1.82, 2.24) is 5.32 Å². The number of amides is 1. The van der Waals surface area contributed by atoms with Crippen LogP contribution in [0.4, 0.5) is 0 Å². The van der Waals surface area contributed by atoms with Gasteiger partial charge in [0.1, 0.15) is 0 Å². The predicted octanol–water partition coefficient (Wildman–Crippen LogP) is 2.86. The first-order chi connectivity index (χ1) is 9.99. The molecule has 0 aromatic heterocycles. The molecule has 0 aliphatic rings. The SMILES string of the molecule is Cc1ccc(C)c(C(=O)N[C@@H](C(=O)O)c2ccccc2)c1. The highest BCUT2D eigenvalue weighted by Crippen LogP contribution is 2.16.